The van der Waals surface area contributed by atoms with Gasteiger partial charge >= 0.3 is 12.1 Å². The third-order valence-electron chi connectivity index (χ3n) is 8.43. The minimum absolute atomic E-state index is 0.0100. The number of fused-ring (bicyclic) bond motifs is 4. The third-order valence-corrected chi connectivity index (χ3v) is 8.43. The molecule has 3 N–H and O–H groups in total. The first kappa shape index (κ1) is 22.1. The second-order valence-electron chi connectivity index (χ2n) is 10.7. The standard InChI is InChI=1S/C28H30N2O5/c31-25(32)12-24(16-9-10-16)30-26(33)28-13-17(28)11-18(14-28)29-27(34)35-15-23-21-7-3-1-5-19(21)20-6-2-4-8-22(20)23/h1-8,16-18,23-24H,9-15H2,(H,29,34)(H,30,33)(H,31,32)/t17-,18+,24?,28+/m1/s1. The zero-order valence-corrected chi connectivity index (χ0v) is 19.5. The molecule has 6 rings (SSSR count). The van der Waals surface area contributed by atoms with Gasteiger partial charge in [0.15, 0.2) is 0 Å². The monoisotopic (exact) mass is 474 g/mol. The minimum atomic E-state index is -0.881. The Morgan fingerprint density at radius 2 is 1.66 bits per heavy atom. The van der Waals surface area contributed by atoms with Crippen molar-refractivity contribution in [2.24, 2.45) is 17.3 Å². The van der Waals surface area contributed by atoms with Crippen molar-refractivity contribution in [3.63, 3.8) is 0 Å². The molecule has 0 bridgehead atoms. The van der Waals surface area contributed by atoms with E-state index in [9.17, 15) is 19.5 Å². The average molecular weight is 475 g/mol. The van der Waals surface area contributed by atoms with Gasteiger partial charge in [0.05, 0.1) is 11.8 Å². The molecule has 2 aromatic rings. The lowest BCUT2D eigenvalue weighted by atomic mass is 9.98. The molecule has 0 saturated heterocycles. The van der Waals surface area contributed by atoms with Crippen LogP contribution in [-0.2, 0) is 14.3 Å². The molecule has 4 aliphatic rings. The van der Waals surface area contributed by atoms with Crippen molar-refractivity contribution in [3.05, 3.63) is 59.7 Å². The Balaban J connectivity index is 1.04. The Bertz CT molecular complexity index is 1150. The van der Waals surface area contributed by atoms with Crippen molar-refractivity contribution in [2.45, 2.75) is 56.5 Å². The second kappa shape index (κ2) is 8.40. The van der Waals surface area contributed by atoms with Crippen LogP contribution in [-0.4, -0.2) is 41.8 Å². The maximum Gasteiger partial charge on any atom is 0.407 e. The molecule has 0 radical (unpaired) electrons. The molecule has 3 saturated carbocycles. The fourth-order valence-electron chi connectivity index (χ4n) is 6.43. The van der Waals surface area contributed by atoms with Crippen LogP contribution in [0.1, 0.15) is 55.6 Å². The van der Waals surface area contributed by atoms with Crippen LogP contribution in [0.5, 0.6) is 0 Å². The number of amides is 2. The van der Waals surface area contributed by atoms with Gasteiger partial charge in [0.25, 0.3) is 0 Å². The van der Waals surface area contributed by atoms with E-state index in [1.165, 1.54) is 22.3 Å². The van der Waals surface area contributed by atoms with Crippen molar-refractivity contribution in [1.29, 1.82) is 0 Å². The number of aliphatic carboxylic acids is 1. The molecule has 35 heavy (non-hydrogen) atoms. The van der Waals surface area contributed by atoms with Gasteiger partial charge in [-0.05, 0) is 66.2 Å². The van der Waals surface area contributed by atoms with Crippen LogP contribution in [0.4, 0.5) is 4.79 Å². The van der Waals surface area contributed by atoms with Crippen LogP contribution in [0, 0.1) is 17.3 Å². The molecule has 0 heterocycles. The van der Waals surface area contributed by atoms with E-state index >= 15 is 0 Å². The summed E-state index contributed by atoms with van der Waals surface area (Å²) < 4.78 is 5.68. The van der Waals surface area contributed by atoms with Gasteiger partial charge < -0.3 is 20.5 Å². The van der Waals surface area contributed by atoms with Crippen molar-refractivity contribution in [1.82, 2.24) is 10.6 Å². The van der Waals surface area contributed by atoms with E-state index < -0.39 is 17.5 Å². The maximum atomic E-state index is 13.0. The van der Waals surface area contributed by atoms with Crippen molar-refractivity contribution < 1.29 is 24.2 Å². The number of carboxylic acids is 1. The Morgan fingerprint density at radius 1 is 1.00 bits per heavy atom. The summed E-state index contributed by atoms with van der Waals surface area (Å²) >= 11 is 0. The summed E-state index contributed by atoms with van der Waals surface area (Å²) in [5.74, 6) is -0.396. The van der Waals surface area contributed by atoms with Crippen LogP contribution in [0.15, 0.2) is 48.5 Å². The Labute approximate surface area is 204 Å². The molecule has 3 fully saturated rings. The SMILES string of the molecule is O=C(O)CC(NC(=O)[C@@]12C[C@@H](NC(=O)OCC3c4ccccc4-c4ccccc43)C[C@@H]1C2)C1CC1. The summed E-state index contributed by atoms with van der Waals surface area (Å²) in [4.78, 5) is 36.9. The van der Waals surface area contributed by atoms with E-state index in [1.807, 2.05) is 24.3 Å². The minimum Gasteiger partial charge on any atom is -0.481 e. The molecule has 182 valence electrons. The highest BCUT2D eigenvalue weighted by Crippen LogP contribution is 2.63. The second-order valence-corrected chi connectivity index (χ2v) is 10.7. The summed E-state index contributed by atoms with van der Waals surface area (Å²) in [6, 6.07) is 16.1. The number of carbonyl (C=O) groups is 3. The van der Waals surface area contributed by atoms with Crippen LogP contribution in [0.3, 0.4) is 0 Å². The first-order valence-electron chi connectivity index (χ1n) is 12.6. The lowest BCUT2D eigenvalue weighted by molar-refractivity contribution is -0.138. The predicted molar refractivity (Wildman–Crippen MR) is 129 cm³/mol. The molecule has 0 aromatic heterocycles. The maximum absolute atomic E-state index is 13.0. The fourth-order valence-corrected chi connectivity index (χ4v) is 6.43. The van der Waals surface area contributed by atoms with Gasteiger partial charge in [0.2, 0.25) is 5.91 Å². The summed E-state index contributed by atoms with van der Waals surface area (Å²) in [7, 11) is 0. The summed E-state index contributed by atoms with van der Waals surface area (Å²) in [6.45, 7) is 0.264. The molecule has 2 amide bonds. The number of ether oxygens (including phenoxy) is 1. The number of hydrogen-bond acceptors (Lipinski definition) is 4. The largest absolute Gasteiger partial charge is 0.481 e. The van der Waals surface area contributed by atoms with Gasteiger partial charge in [-0.15, -0.1) is 0 Å². The molecule has 4 aliphatic carbocycles. The van der Waals surface area contributed by atoms with Crippen LogP contribution in [0.2, 0.25) is 0 Å². The highest BCUT2D eigenvalue weighted by atomic mass is 16.5. The summed E-state index contributed by atoms with van der Waals surface area (Å²) in [5.41, 5.74) is 4.26. The van der Waals surface area contributed by atoms with Gasteiger partial charge in [-0.1, -0.05) is 48.5 Å². The molecule has 7 nitrogen and oxygen atoms in total. The summed E-state index contributed by atoms with van der Waals surface area (Å²) in [5, 5.41) is 15.2. The quantitative estimate of drug-likeness (QED) is 0.535. The number of benzene rings is 2. The molecular weight excluding hydrogens is 444 g/mol. The van der Waals surface area contributed by atoms with Crippen LogP contribution >= 0.6 is 0 Å². The van der Waals surface area contributed by atoms with Crippen molar-refractivity contribution >= 4 is 18.0 Å². The Kier molecular flexibility index (Phi) is 5.31. The van der Waals surface area contributed by atoms with Crippen molar-refractivity contribution in [2.75, 3.05) is 6.61 Å². The normalized spacial score (nSPS) is 26.7. The predicted octanol–water partition coefficient (Wildman–Crippen LogP) is 4.06. The number of carbonyl (C=O) groups excluding carboxylic acids is 2. The molecule has 1 unspecified atom stereocenters. The van der Waals surface area contributed by atoms with E-state index in [0.29, 0.717) is 6.42 Å². The molecule has 7 heteroatoms. The van der Waals surface area contributed by atoms with E-state index in [1.54, 1.807) is 0 Å². The highest BCUT2D eigenvalue weighted by molar-refractivity contribution is 5.87. The molecular formula is C28H30N2O5. The highest BCUT2D eigenvalue weighted by Gasteiger charge is 2.65. The zero-order valence-electron chi connectivity index (χ0n) is 19.5. The molecule has 2 aromatic carbocycles. The lowest BCUT2D eigenvalue weighted by Crippen LogP contribution is -2.43. The number of nitrogens with one attached hydrogen (secondary N) is 2. The van der Waals surface area contributed by atoms with Gasteiger partial charge in [-0.2, -0.15) is 0 Å². The van der Waals surface area contributed by atoms with Gasteiger partial charge in [0.1, 0.15) is 6.61 Å². The van der Waals surface area contributed by atoms with Gasteiger partial charge in [-0.3, -0.25) is 9.59 Å². The Morgan fingerprint density at radius 3 is 2.29 bits per heavy atom. The summed E-state index contributed by atoms with van der Waals surface area (Å²) in [6.07, 6.45) is 3.62. The van der Waals surface area contributed by atoms with E-state index in [4.69, 9.17) is 4.74 Å². The number of carboxylic acid groups (broad SMARTS) is 1. The average Bonchev–Trinajstić information content (AvgIpc) is 3.75. The first-order valence-corrected chi connectivity index (χ1v) is 12.6. The number of hydrogen-bond donors (Lipinski definition) is 3. The van der Waals surface area contributed by atoms with Crippen LogP contribution < -0.4 is 10.6 Å². The Hall–Kier alpha value is -3.35. The van der Waals surface area contributed by atoms with Gasteiger partial charge in [0, 0.05) is 18.0 Å². The first-order chi connectivity index (χ1) is 16.9. The topological polar surface area (TPSA) is 105 Å². The van der Waals surface area contributed by atoms with Gasteiger partial charge in [-0.25, -0.2) is 4.79 Å². The zero-order chi connectivity index (χ0) is 24.2. The molecule has 0 aliphatic heterocycles. The fraction of sp³-hybridized carbons (Fsp3) is 0.464. The van der Waals surface area contributed by atoms with Crippen LogP contribution in [0.25, 0.3) is 11.1 Å². The third kappa shape index (κ3) is 4.07. The molecule has 0 spiro atoms. The number of alkyl carbamates (subject to hydrolysis) is 1. The van der Waals surface area contributed by atoms with Crippen molar-refractivity contribution in [3.8, 4) is 11.1 Å². The van der Waals surface area contributed by atoms with E-state index in [0.717, 1.165) is 25.7 Å². The number of rotatable bonds is 8. The van der Waals surface area contributed by atoms with E-state index in [-0.39, 0.29) is 48.8 Å². The smallest absolute Gasteiger partial charge is 0.407 e. The molecule has 4 atom stereocenters. The lowest BCUT2D eigenvalue weighted by Gasteiger charge is -2.22. The van der Waals surface area contributed by atoms with E-state index in [2.05, 4.69) is 34.9 Å².